The first-order valence-electron chi connectivity index (χ1n) is 5.43. The van der Waals surface area contributed by atoms with Gasteiger partial charge in [0, 0.05) is 19.2 Å². The molecule has 1 aromatic rings. The van der Waals surface area contributed by atoms with Crippen molar-refractivity contribution in [1.82, 2.24) is 0 Å². The van der Waals surface area contributed by atoms with Crippen molar-refractivity contribution in [1.29, 1.82) is 0 Å². The molecule has 104 valence electrons. The SMILES string of the molecule is COC(=O)CCN(C)c1c(F)cc(C(N)=S)cc1F. The van der Waals surface area contributed by atoms with E-state index in [-0.39, 0.29) is 29.2 Å². The zero-order valence-corrected chi connectivity index (χ0v) is 11.4. The van der Waals surface area contributed by atoms with E-state index in [0.717, 1.165) is 12.1 Å². The summed E-state index contributed by atoms with van der Waals surface area (Å²) >= 11 is 4.66. The highest BCUT2D eigenvalue weighted by Crippen LogP contribution is 2.24. The van der Waals surface area contributed by atoms with E-state index in [2.05, 4.69) is 17.0 Å². The molecule has 1 aromatic carbocycles. The number of ether oxygens (including phenoxy) is 1. The van der Waals surface area contributed by atoms with Crippen molar-refractivity contribution in [3.05, 3.63) is 29.3 Å². The quantitative estimate of drug-likeness (QED) is 0.659. The van der Waals surface area contributed by atoms with Crippen LogP contribution in [0.3, 0.4) is 0 Å². The predicted molar refractivity (Wildman–Crippen MR) is 72.1 cm³/mol. The summed E-state index contributed by atoms with van der Waals surface area (Å²) in [4.78, 5) is 12.2. The Morgan fingerprint density at radius 2 is 1.95 bits per heavy atom. The number of anilines is 1. The molecule has 4 nitrogen and oxygen atoms in total. The van der Waals surface area contributed by atoms with Crippen LogP contribution in [0.5, 0.6) is 0 Å². The van der Waals surface area contributed by atoms with E-state index in [1.54, 1.807) is 0 Å². The number of carbonyl (C=O) groups excluding carboxylic acids is 1. The Morgan fingerprint density at radius 3 is 2.37 bits per heavy atom. The summed E-state index contributed by atoms with van der Waals surface area (Å²) < 4.78 is 32.1. The number of rotatable bonds is 5. The lowest BCUT2D eigenvalue weighted by molar-refractivity contribution is -0.140. The first kappa shape index (κ1) is 15.3. The van der Waals surface area contributed by atoms with Crippen LogP contribution in [-0.2, 0) is 9.53 Å². The summed E-state index contributed by atoms with van der Waals surface area (Å²) in [6.45, 7) is 0.132. The fourth-order valence-corrected chi connectivity index (χ4v) is 1.66. The van der Waals surface area contributed by atoms with Gasteiger partial charge in [-0.05, 0) is 12.1 Å². The third kappa shape index (κ3) is 3.85. The average molecular weight is 288 g/mol. The van der Waals surface area contributed by atoms with Gasteiger partial charge in [-0.25, -0.2) is 8.78 Å². The molecule has 19 heavy (non-hydrogen) atoms. The van der Waals surface area contributed by atoms with Crippen molar-refractivity contribution in [2.24, 2.45) is 5.73 Å². The third-order valence-corrected chi connectivity index (χ3v) is 2.80. The number of carbonyl (C=O) groups is 1. The molecule has 0 radical (unpaired) electrons. The maximum atomic E-state index is 13.8. The number of hydrogen-bond donors (Lipinski definition) is 1. The van der Waals surface area contributed by atoms with Crippen molar-refractivity contribution in [3.8, 4) is 0 Å². The van der Waals surface area contributed by atoms with Gasteiger partial charge in [0.25, 0.3) is 0 Å². The number of benzene rings is 1. The maximum absolute atomic E-state index is 13.8. The van der Waals surface area contributed by atoms with Crippen LogP contribution in [-0.4, -0.2) is 31.7 Å². The van der Waals surface area contributed by atoms with Gasteiger partial charge in [0.15, 0.2) is 0 Å². The van der Waals surface area contributed by atoms with E-state index < -0.39 is 17.6 Å². The van der Waals surface area contributed by atoms with Crippen LogP contribution in [0.25, 0.3) is 0 Å². The minimum Gasteiger partial charge on any atom is -0.469 e. The minimum atomic E-state index is -0.782. The topological polar surface area (TPSA) is 55.6 Å². The largest absolute Gasteiger partial charge is 0.469 e. The molecule has 0 aliphatic rings. The van der Waals surface area contributed by atoms with E-state index in [0.29, 0.717) is 0 Å². The minimum absolute atomic E-state index is 0.0307. The van der Waals surface area contributed by atoms with Crippen LogP contribution in [0.4, 0.5) is 14.5 Å². The Hall–Kier alpha value is -1.76. The van der Waals surface area contributed by atoms with Crippen LogP contribution in [0.1, 0.15) is 12.0 Å². The molecule has 0 atom stereocenters. The number of methoxy groups -OCH3 is 1. The Morgan fingerprint density at radius 1 is 1.42 bits per heavy atom. The van der Waals surface area contributed by atoms with Gasteiger partial charge in [-0.15, -0.1) is 0 Å². The number of halogens is 2. The molecule has 0 fully saturated rings. The van der Waals surface area contributed by atoms with E-state index >= 15 is 0 Å². The monoisotopic (exact) mass is 288 g/mol. The summed E-state index contributed by atoms with van der Waals surface area (Å²) in [5.41, 5.74) is 5.21. The number of nitrogens with zero attached hydrogens (tertiary/aromatic N) is 1. The zero-order chi connectivity index (χ0) is 14.6. The fourth-order valence-electron chi connectivity index (χ4n) is 1.55. The first-order valence-corrected chi connectivity index (χ1v) is 5.84. The molecule has 1 rings (SSSR count). The van der Waals surface area contributed by atoms with Gasteiger partial charge >= 0.3 is 5.97 Å². The highest BCUT2D eigenvalue weighted by Gasteiger charge is 2.17. The van der Waals surface area contributed by atoms with E-state index in [1.807, 2.05) is 0 Å². The summed E-state index contributed by atoms with van der Waals surface area (Å²) in [5, 5.41) is 0. The second-order valence-electron chi connectivity index (χ2n) is 3.90. The van der Waals surface area contributed by atoms with Crippen LogP contribution < -0.4 is 10.6 Å². The van der Waals surface area contributed by atoms with Crippen molar-refractivity contribution in [3.63, 3.8) is 0 Å². The Bertz CT molecular complexity index is 485. The molecular weight excluding hydrogens is 274 g/mol. The van der Waals surface area contributed by atoms with Gasteiger partial charge in [0.05, 0.1) is 13.5 Å². The van der Waals surface area contributed by atoms with E-state index in [1.165, 1.54) is 19.1 Å². The van der Waals surface area contributed by atoms with Crippen LogP contribution in [0.15, 0.2) is 12.1 Å². The lowest BCUT2D eigenvalue weighted by Crippen LogP contribution is -2.24. The second kappa shape index (κ2) is 6.42. The van der Waals surface area contributed by atoms with Crippen molar-refractivity contribution >= 4 is 28.9 Å². The third-order valence-electron chi connectivity index (χ3n) is 2.56. The van der Waals surface area contributed by atoms with Gasteiger partial charge in [0.1, 0.15) is 22.3 Å². The van der Waals surface area contributed by atoms with Gasteiger partial charge in [-0.1, -0.05) is 12.2 Å². The van der Waals surface area contributed by atoms with Crippen LogP contribution >= 0.6 is 12.2 Å². The number of thiocarbonyl (C=S) groups is 1. The standard InChI is InChI=1S/C12H14F2N2O2S/c1-16(4-3-10(17)18-2)11-8(13)5-7(12(15)19)6-9(11)14/h5-6H,3-4H2,1-2H3,(H2,15,19). The lowest BCUT2D eigenvalue weighted by Gasteiger charge is -2.20. The molecule has 0 unspecified atom stereocenters. The van der Waals surface area contributed by atoms with Gasteiger partial charge in [-0.3, -0.25) is 4.79 Å². The molecule has 0 spiro atoms. The van der Waals surface area contributed by atoms with Gasteiger partial charge < -0.3 is 15.4 Å². The maximum Gasteiger partial charge on any atom is 0.307 e. The Balaban J connectivity index is 2.94. The number of esters is 1. The summed E-state index contributed by atoms with van der Waals surface area (Å²) in [5.74, 6) is -2.02. The molecule has 2 N–H and O–H groups in total. The summed E-state index contributed by atoms with van der Waals surface area (Å²) in [6, 6.07) is 2.13. The average Bonchev–Trinajstić information content (AvgIpc) is 2.34. The van der Waals surface area contributed by atoms with Crippen molar-refractivity contribution < 1.29 is 18.3 Å². The van der Waals surface area contributed by atoms with Crippen LogP contribution in [0, 0.1) is 11.6 Å². The van der Waals surface area contributed by atoms with Crippen molar-refractivity contribution in [2.75, 3.05) is 25.6 Å². The lowest BCUT2D eigenvalue weighted by atomic mass is 10.1. The van der Waals surface area contributed by atoms with Crippen molar-refractivity contribution in [2.45, 2.75) is 6.42 Å². The van der Waals surface area contributed by atoms with Crippen LogP contribution in [0.2, 0.25) is 0 Å². The highest BCUT2D eigenvalue weighted by atomic mass is 32.1. The number of nitrogens with two attached hydrogens (primary N) is 1. The molecule has 7 heteroatoms. The van der Waals surface area contributed by atoms with Gasteiger partial charge in [0.2, 0.25) is 0 Å². The first-order chi connectivity index (χ1) is 8.86. The molecule has 0 aliphatic carbocycles. The second-order valence-corrected chi connectivity index (χ2v) is 4.34. The highest BCUT2D eigenvalue weighted by molar-refractivity contribution is 7.80. The fraction of sp³-hybridized carbons (Fsp3) is 0.333. The summed E-state index contributed by atoms with van der Waals surface area (Å²) in [7, 11) is 2.73. The molecule has 0 aromatic heterocycles. The van der Waals surface area contributed by atoms with Gasteiger partial charge in [-0.2, -0.15) is 0 Å². The Labute approximate surface area is 115 Å². The smallest absolute Gasteiger partial charge is 0.307 e. The molecule has 0 saturated heterocycles. The molecule has 0 heterocycles. The summed E-state index contributed by atoms with van der Waals surface area (Å²) in [6.07, 6.45) is 0.0307. The Kier molecular flexibility index (Phi) is 5.17. The van der Waals surface area contributed by atoms with E-state index in [9.17, 15) is 13.6 Å². The predicted octanol–water partition coefficient (Wildman–Crippen LogP) is 1.60. The molecule has 0 saturated carbocycles. The van der Waals surface area contributed by atoms with E-state index in [4.69, 9.17) is 5.73 Å². The molecular formula is C12H14F2N2O2S. The normalized spacial score (nSPS) is 10.1. The molecule has 0 bridgehead atoms. The molecule has 0 amide bonds. The zero-order valence-electron chi connectivity index (χ0n) is 10.6. The molecule has 0 aliphatic heterocycles. The number of hydrogen-bond acceptors (Lipinski definition) is 4.